The summed E-state index contributed by atoms with van der Waals surface area (Å²) in [7, 11) is 3.58. The molecule has 5 nitrogen and oxygen atoms in total. The highest BCUT2D eigenvalue weighted by Crippen LogP contribution is 2.21. The van der Waals surface area contributed by atoms with E-state index in [1.165, 1.54) is 0 Å². The lowest BCUT2D eigenvalue weighted by atomic mass is 10.3. The van der Waals surface area contributed by atoms with Crippen molar-refractivity contribution in [3.8, 4) is 11.8 Å². The van der Waals surface area contributed by atoms with Crippen molar-refractivity contribution in [2.45, 2.75) is 6.61 Å². The van der Waals surface area contributed by atoms with Gasteiger partial charge in [0.25, 0.3) is 0 Å². The number of rotatable bonds is 4. The maximum absolute atomic E-state index is 8.95. The number of benzene rings is 1. The van der Waals surface area contributed by atoms with Crippen LogP contribution in [0.15, 0.2) is 33.2 Å². The van der Waals surface area contributed by atoms with E-state index in [0.29, 0.717) is 17.5 Å². The lowest BCUT2D eigenvalue weighted by molar-refractivity contribution is 0.264. The Morgan fingerprint density at radius 3 is 2.58 bits per heavy atom. The first-order chi connectivity index (χ1) is 9.10. The normalized spacial score (nSPS) is 10.0. The Balaban J connectivity index is 2.08. The Morgan fingerprint density at radius 1 is 1.37 bits per heavy atom. The summed E-state index contributed by atoms with van der Waals surface area (Å²) in [6, 6.07) is 9.44. The van der Waals surface area contributed by atoms with Gasteiger partial charge in [-0.3, -0.25) is 0 Å². The average molecular weight is 322 g/mol. The smallest absolute Gasteiger partial charge is 0.236 e. The van der Waals surface area contributed by atoms with Gasteiger partial charge in [-0.25, -0.2) is 0 Å². The van der Waals surface area contributed by atoms with E-state index >= 15 is 0 Å². The van der Waals surface area contributed by atoms with E-state index < -0.39 is 0 Å². The fourth-order valence-electron chi connectivity index (χ4n) is 1.47. The van der Waals surface area contributed by atoms with Crippen LogP contribution in [-0.2, 0) is 6.61 Å². The van der Waals surface area contributed by atoms with Crippen molar-refractivity contribution in [1.29, 1.82) is 5.26 Å². The summed E-state index contributed by atoms with van der Waals surface area (Å²) in [6.45, 7) is 0.185. The quantitative estimate of drug-likeness (QED) is 0.866. The molecule has 0 radical (unpaired) electrons. The number of oxazole rings is 1. The van der Waals surface area contributed by atoms with Gasteiger partial charge in [0, 0.05) is 18.6 Å². The number of nitriles is 1. The van der Waals surface area contributed by atoms with Crippen molar-refractivity contribution in [1.82, 2.24) is 4.98 Å². The van der Waals surface area contributed by atoms with Crippen LogP contribution >= 0.6 is 15.9 Å². The summed E-state index contributed by atoms with van der Waals surface area (Å²) in [6.07, 6.45) is 0. The van der Waals surface area contributed by atoms with Crippen LogP contribution in [0.5, 0.6) is 5.75 Å². The Bertz CT molecular complexity index is 599. The summed E-state index contributed by atoms with van der Waals surface area (Å²) in [5, 5.41) is 8.95. The molecule has 0 aliphatic heterocycles. The van der Waals surface area contributed by atoms with Crippen LogP contribution in [0.4, 0.5) is 5.88 Å². The predicted molar refractivity (Wildman–Crippen MR) is 74.0 cm³/mol. The molecule has 0 aliphatic rings. The molecule has 0 fully saturated rings. The summed E-state index contributed by atoms with van der Waals surface area (Å²) >= 11 is 3.35. The fraction of sp³-hybridized carbons (Fsp3) is 0.231. The highest BCUT2D eigenvalue weighted by Gasteiger charge is 2.14. The van der Waals surface area contributed by atoms with Gasteiger partial charge in [-0.15, -0.1) is 0 Å². The van der Waals surface area contributed by atoms with Crippen LogP contribution in [0.2, 0.25) is 0 Å². The molecule has 0 saturated heterocycles. The van der Waals surface area contributed by atoms with E-state index in [-0.39, 0.29) is 12.3 Å². The number of hydrogen-bond donors (Lipinski definition) is 0. The number of nitrogens with zero attached hydrogens (tertiary/aromatic N) is 3. The molecule has 1 aromatic carbocycles. The number of ether oxygens (including phenoxy) is 1. The Hall–Kier alpha value is -2.00. The monoisotopic (exact) mass is 321 g/mol. The van der Waals surface area contributed by atoms with E-state index in [0.717, 1.165) is 4.47 Å². The second kappa shape index (κ2) is 5.76. The van der Waals surface area contributed by atoms with Crippen LogP contribution in [-0.4, -0.2) is 19.1 Å². The SMILES string of the molecule is CN(C)c1oc(COc2ccc(Br)cc2)nc1C#N. The Kier molecular flexibility index (Phi) is 4.07. The van der Waals surface area contributed by atoms with E-state index in [1.54, 1.807) is 19.0 Å². The minimum Gasteiger partial charge on any atom is -0.484 e. The lowest BCUT2D eigenvalue weighted by Gasteiger charge is -2.06. The van der Waals surface area contributed by atoms with E-state index in [2.05, 4.69) is 20.9 Å². The van der Waals surface area contributed by atoms with Crippen molar-refractivity contribution in [3.05, 3.63) is 40.3 Å². The van der Waals surface area contributed by atoms with Crippen molar-refractivity contribution in [2.24, 2.45) is 0 Å². The Labute approximate surface area is 119 Å². The van der Waals surface area contributed by atoms with Gasteiger partial charge in [0.2, 0.25) is 17.5 Å². The molecule has 2 aromatic rings. The first kappa shape index (κ1) is 13.4. The first-order valence-electron chi connectivity index (χ1n) is 5.55. The van der Waals surface area contributed by atoms with Gasteiger partial charge in [0.15, 0.2) is 6.61 Å². The number of halogens is 1. The third-order valence-electron chi connectivity index (χ3n) is 2.34. The average Bonchev–Trinajstić information content (AvgIpc) is 2.81. The second-order valence-corrected chi connectivity index (χ2v) is 4.93. The van der Waals surface area contributed by atoms with Crippen molar-refractivity contribution in [3.63, 3.8) is 0 Å². The van der Waals surface area contributed by atoms with Crippen molar-refractivity contribution >= 4 is 21.8 Å². The van der Waals surface area contributed by atoms with E-state index in [4.69, 9.17) is 14.4 Å². The zero-order chi connectivity index (χ0) is 13.8. The summed E-state index contributed by atoms with van der Waals surface area (Å²) in [5.41, 5.74) is 0.263. The van der Waals surface area contributed by atoms with Crippen LogP contribution < -0.4 is 9.64 Å². The Morgan fingerprint density at radius 2 is 2.05 bits per heavy atom. The zero-order valence-corrected chi connectivity index (χ0v) is 12.1. The molecule has 1 aromatic heterocycles. The summed E-state index contributed by atoms with van der Waals surface area (Å²) in [5.74, 6) is 1.53. The van der Waals surface area contributed by atoms with Gasteiger partial charge in [0.05, 0.1) is 0 Å². The van der Waals surface area contributed by atoms with Crippen molar-refractivity contribution < 1.29 is 9.15 Å². The summed E-state index contributed by atoms with van der Waals surface area (Å²) in [4.78, 5) is 5.78. The fourth-order valence-corrected chi connectivity index (χ4v) is 1.73. The first-order valence-corrected chi connectivity index (χ1v) is 6.35. The standard InChI is InChI=1S/C13H12BrN3O2/c1-17(2)13-11(7-15)16-12(19-13)8-18-10-5-3-9(14)4-6-10/h3-6H,8H2,1-2H3. The third-order valence-corrected chi connectivity index (χ3v) is 2.87. The molecule has 98 valence electrons. The number of aromatic nitrogens is 1. The highest BCUT2D eigenvalue weighted by molar-refractivity contribution is 9.10. The van der Waals surface area contributed by atoms with Gasteiger partial charge in [-0.05, 0) is 24.3 Å². The highest BCUT2D eigenvalue weighted by atomic mass is 79.9. The van der Waals surface area contributed by atoms with Gasteiger partial charge < -0.3 is 14.1 Å². The molecular weight excluding hydrogens is 310 g/mol. The molecule has 0 bridgehead atoms. The number of hydrogen-bond acceptors (Lipinski definition) is 5. The molecule has 19 heavy (non-hydrogen) atoms. The van der Waals surface area contributed by atoms with Crippen molar-refractivity contribution in [2.75, 3.05) is 19.0 Å². The third kappa shape index (κ3) is 3.26. The second-order valence-electron chi connectivity index (χ2n) is 4.01. The zero-order valence-electron chi connectivity index (χ0n) is 10.6. The van der Waals surface area contributed by atoms with Crippen LogP contribution in [0.25, 0.3) is 0 Å². The predicted octanol–water partition coefficient (Wildman–Crippen LogP) is 2.95. The maximum atomic E-state index is 8.95. The molecule has 6 heteroatoms. The minimum atomic E-state index is 0.185. The van der Waals surface area contributed by atoms with E-state index in [9.17, 15) is 0 Å². The largest absolute Gasteiger partial charge is 0.484 e. The van der Waals surface area contributed by atoms with Gasteiger partial charge >= 0.3 is 0 Å². The molecular formula is C13H12BrN3O2. The van der Waals surface area contributed by atoms with Gasteiger partial charge in [-0.2, -0.15) is 10.2 Å². The van der Waals surface area contributed by atoms with Crippen LogP contribution in [0.1, 0.15) is 11.6 Å². The molecule has 0 amide bonds. The van der Waals surface area contributed by atoms with Gasteiger partial charge in [0.1, 0.15) is 11.8 Å². The summed E-state index contributed by atoms with van der Waals surface area (Å²) < 4.78 is 12.0. The van der Waals surface area contributed by atoms with E-state index in [1.807, 2.05) is 30.3 Å². The number of anilines is 1. The molecule has 0 aliphatic carbocycles. The maximum Gasteiger partial charge on any atom is 0.236 e. The van der Waals surface area contributed by atoms with Crippen LogP contribution in [0.3, 0.4) is 0 Å². The topological polar surface area (TPSA) is 62.3 Å². The van der Waals surface area contributed by atoms with Crippen LogP contribution in [0, 0.1) is 11.3 Å². The molecule has 1 heterocycles. The molecule has 0 atom stereocenters. The lowest BCUT2D eigenvalue weighted by Crippen LogP contribution is -2.08. The molecule has 0 N–H and O–H groups in total. The molecule has 0 saturated carbocycles. The van der Waals surface area contributed by atoms with Gasteiger partial charge in [-0.1, -0.05) is 15.9 Å². The molecule has 0 spiro atoms. The molecule has 2 rings (SSSR count). The minimum absolute atomic E-state index is 0.185. The molecule has 0 unspecified atom stereocenters.